The molecular weight excluding hydrogens is 112 g/mol. The molecular formula is C8H14O. The predicted octanol–water partition coefficient (Wildman–Crippen LogP) is 2.32. The molecule has 0 atom stereocenters. The smallest absolute Gasteiger partial charge is 0.119 e. The van der Waals surface area contributed by atoms with Crippen LogP contribution in [0.3, 0.4) is 0 Å². The Morgan fingerprint density at radius 1 is 1.56 bits per heavy atom. The van der Waals surface area contributed by atoms with Gasteiger partial charge in [0.05, 0.1) is 0 Å². The number of rotatable bonds is 5. The Labute approximate surface area is 56.8 Å². The number of allylic oxidation sites excluding steroid dienone is 1. The van der Waals surface area contributed by atoms with Crippen LogP contribution in [0.25, 0.3) is 0 Å². The van der Waals surface area contributed by atoms with Gasteiger partial charge in [0.25, 0.3) is 0 Å². The molecule has 0 aromatic rings. The average Bonchev–Trinajstić information content (AvgIpc) is 1.80. The molecule has 0 spiro atoms. The molecule has 0 saturated heterocycles. The number of carbonyl (C=O) groups is 1. The second kappa shape index (κ2) is 5.54. The molecule has 0 aromatic carbocycles. The minimum atomic E-state index is 0.702. The van der Waals surface area contributed by atoms with E-state index in [1.54, 1.807) is 0 Å². The molecule has 0 rings (SSSR count). The van der Waals surface area contributed by atoms with Crippen molar-refractivity contribution in [1.29, 1.82) is 0 Å². The molecule has 0 bridgehead atoms. The number of carbonyl (C=O) groups excluding carboxylic acids is 1. The minimum absolute atomic E-state index is 0.702. The molecule has 1 nitrogen and oxygen atoms in total. The van der Waals surface area contributed by atoms with E-state index in [1.165, 1.54) is 5.57 Å². The summed E-state index contributed by atoms with van der Waals surface area (Å²) in [5.74, 6) is 0. The Kier molecular flexibility index (Phi) is 5.18. The maximum absolute atomic E-state index is 9.83. The van der Waals surface area contributed by atoms with Gasteiger partial charge in [-0.2, -0.15) is 0 Å². The lowest BCUT2D eigenvalue weighted by molar-refractivity contribution is -0.107. The van der Waals surface area contributed by atoms with Gasteiger partial charge in [0.1, 0.15) is 6.29 Å². The summed E-state index contributed by atoms with van der Waals surface area (Å²) in [4.78, 5) is 9.83. The molecule has 0 saturated carbocycles. The third kappa shape index (κ3) is 7.41. The molecule has 0 aliphatic rings. The topological polar surface area (TPSA) is 17.1 Å². The summed E-state index contributed by atoms with van der Waals surface area (Å²) in [6.07, 6.45) is 4.85. The van der Waals surface area contributed by atoms with Crippen molar-refractivity contribution in [3.05, 3.63) is 12.2 Å². The Hall–Kier alpha value is -0.590. The van der Waals surface area contributed by atoms with Crippen LogP contribution in [0.15, 0.2) is 12.2 Å². The fourth-order valence-electron chi connectivity index (χ4n) is 0.654. The van der Waals surface area contributed by atoms with Crippen molar-refractivity contribution in [3.63, 3.8) is 0 Å². The lowest BCUT2D eigenvalue weighted by Crippen LogP contribution is -1.78. The molecule has 0 fully saturated rings. The first-order valence-electron chi connectivity index (χ1n) is 3.35. The van der Waals surface area contributed by atoms with E-state index >= 15 is 0 Å². The third-order valence-electron chi connectivity index (χ3n) is 1.18. The summed E-state index contributed by atoms with van der Waals surface area (Å²) in [6.45, 7) is 5.78. The molecule has 0 amide bonds. The highest BCUT2D eigenvalue weighted by Gasteiger charge is 1.86. The van der Waals surface area contributed by atoms with E-state index in [-0.39, 0.29) is 0 Å². The van der Waals surface area contributed by atoms with Crippen LogP contribution in [0.2, 0.25) is 0 Å². The first-order valence-corrected chi connectivity index (χ1v) is 3.35. The lowest BCUT2D eigenvalue weighted by atomic mass is 10.1. The fourth-order valence-corrected chi connectivity index (χ4v) is 0.654. The zero-order valence-electron chi connectivity index (χ0n) is 6.02. The SMILES string of the molecule is C=C(C)CCCCC=O. The van der Waals surface area contributed by atoms with Crippen molar-refractivity contribution in [2.75, 3.05) is 0 Å². The van der Waals surface area contributed by atoms with Crippen LogP contribution in [0, 0.1) is 0 Å². The van der Waals surface area contributed by atoms with Gasteiger partial charge in [-0.25, -0.2) is 0 Å². The molecule has 0 aromatic heterocycles. The standard InChI is InChI=1S/C8H14O/c1-8(2)6-4-3-5-7-9/h7H,1,3-6H2,2H3. The summed E-state index contributed by atoms with van der Waals surface area (Å²) in [5, 5.41) is 0. The summed E-state index contributed by atoms with van der Waals surface area (Å²) in [5.41, 5.74) is 1.21. The predicted molar refractivity (Wildman–Crippen MR) is 39.3 cm³/mol. The van der Waals surface area contributed by atoms with E-state index in [9.17, 15) is 4.79 Å². The molecule has 0 aliphatic carbocycles. The second-order valence-electron chi connectivity index (χ2n) is 2.37. The highest BCUT2D eigenvalue weighted by molar-refractivity contribution is 5.48. The van der Waals surface area contributed by atoms with Crippen molar-refractivity contribution in [3.8, 4) is 0 Å². The number of aldehydes is 1. The van der Waals surface area contributed by atoms with Crippen molar-refractivity contribution in [2.45, 2.75) is 32.6 Å². The van der Waals surface area contributed by atoms with Crippen molar-refractivity contribution in [1.82, 2.24) is 0 Å². The highest BCUT2D eigenvalue weighted by atomic mass is 16.1. The average molecular weight is 126 g/mol. The van der Waals surface area contributed by atoms with E-state index in [1.807, 2.05) is 6.92 Å². The van der Waals surface area contributed by atoms with E-state index in [0.717, 1.165) is 25.5 Å². The van der Waals surface area contributed by atoms with Crippen LogP contribution >= 0.6 is 0 Å². The van der Waals surface area contributed by atoms with Gasteiger partial charge in [0.15, 0.2) is 0 Å². The lowest BCUT2D eigenvalue weighted by Gasteiger charge is -1.94. The Morgan fingerprint density at radius 2 is 2.22 bits per heavy atom. The molecule has 0 heterocycles. The van der Waals surface area contributed by atoms with Crippen LogP contribution in [0.5, 0.6) is 0 Å². The van der Waals surface area contributed by atoms with Crippen molar-refractivity contribution in [2.24, 2.45) is 0 Å². The van der Waals surface area contributed by atoms with Crippen LogP contribution in [-0.4, -0.2) is 6.29 Å². The van der Waals surface area contributed by atoms with E-state index < -0.39 is 0 Å². The Balaban J connectivity index is 2.91. The van der Waals surface area contributed by atoms with Gasteiger partial charge in [-0.15, -0.1) is 6.58 Å². The summed E-state index contributed by atoms with van der Waals surface area (Å²) in [6, 6.07) is 0. The van der Waals surface area contributed by atoms with Gasteiger partial charge in [0, 0.05) is 6.42 Å². The summed E-state index contributed by atoms with van der Waals surface area (Å²) >= 11 is 0. The highest BCUT2D eigenvalue weighted by Crippen LogP contribution is 2.04. The van der Waals surface area contributed by atoms with E-state index in [4.69, 9.17) is 0 Å². The summed E-state index contributed by atoms with van der Waals surface area (Å²) in [7, 11) is 0. The maximum atomic E-state index is 9.83. The molecule has 0 N–H and O–H groups in total. The number of unbranched alkanes of at least 4 members (excludes halogenated alkanes) is 2. The maximum Gasteiger partial charge on any atom is 0.119 e. The van der Waals surface area contributed by atoms with Crippen molar-refractivity contribution >= 4 is 6.29 Å². The van der Waals surface area contributed by atoms with Gasteiger partial charge in [0.2, 0.25) is 0 Å². The van der Waals surface area contributed by atoms with Crippen molar-refractivity contribution < 1.29 is 4.79 Å². The largest absolute Gasteiger partial charge is 0.303 e. The molecule has 1 heteroatoms. The summed E-state index contributed by atoms with van der Waals surface area (Å²) < 4.78 is 0. The molecule has 0 unspecified atom stereocenters. The number of hydrogen-bond acceptors (Lipinski definition) is 1. The first kappa shape index (κ1) is 8.41. The number of hydrogen-bond donors (Lipinski definition) is 0. The fraction of sp³-hybridized carbons (Fsp3) is 0.625. The van der Waals surface area contributed by atoms with E-state index in [2.05, 4.69) is 6.58 Å². The van der Waals surface area contributed by atoms with Crippen LogP contribution in [-0.2, 0) is 4.79 Å². The van der Waals surface area contributed by atoms with E-state index in [0.29, 0.717) is 6.42 Å². The Bertz CT molecular complexity index is 94.7. The molecule has 52 valence electrons. The normalized spacial score (nSPS) is 9.00. The molecule has 9 heavy (non-hydrogen) atoms. The van der Waals surface area contributed by atoms with Gasteiger partial charge >= 0.3 is 0 Å². The minimum Gasteiger partial charge on any atom is -0.303 e. The van der Waals surface area contributed by atoms with Crippen LogP contribution < -0.4 is 0 Å². The zero-order chi connectivity index (χ0) is 7.11. The van der Waals surface area contributed by atoms with Gasteiger partial charge < -0.3 is 4.79 Å². The molecule has 0 radical (unpaired) electrons. The Morgan fingerprint density at radius 3 is 2.67 bits per heavy atom. The zero-order valence-corrected chi connectivity index (χ0v) is 6.02. The van der Waals surface area contributed by atoms with Gasteiger partial charge in [-0.05, 0) is 26.2 Å². The van der Waals surface area contributed by atoms with Crippen LogP contribution in [0.4, 0.5) is 0 Å². The molecule has 0 aliphatic heterocycles. The van der Waals surface area contributed by atoms with Gasteiger partial charge in [-0.3, -0.25) is 0 Å². The first-order chi connectivity index (χ1) is 4.27. The second-order valence-corrected chi connectivity index (χ2v) is 2.37. The van der Waals surface area contributed by atoms with Crippen LogP contribution in [0.1, 0.15) is 32.6 Å². The quantitative estimate of drug-likeness (QED) is 0.314. The third-order valence-corrected chi connectivity index (χ3v) is 1.18. The monoisotopic (exact) mass is 126 g/mol. The van der Waals surface area contributed by atoms with Gasteiger partial charge in [-0.1, -0.05) is 5.57 Å².